The number of furan rings is 1. The standard InChI is InChI=1S/C18H21NO4S/c1-4-9-19(14-8-10-24(21,22)11-14)18(20)17-13(3)15-7-5-6-12(2)16(15)23-17/h4-7,14H,1,8-11H2,2-3H3/t14-/m1/s1. The third-order valence-electron chi connectivity index (χ3n) is 4.59. The fourth-order valence-corrected chi connectivity index (χ4v) is 5.01. The molecular weight excluding hydrogens is 326 g/mol. The van der Waals surface area contributed by atoms with Gasteiger partial charge in [-0.25, -0.2) is 8.42 Å². The lowest BCUT2D eigenvalue weighted by atomic mass is 10.1. The summed E-state index contributed by atoms with van der Waals surface area (Å²) in [6.07, 6.45) is 2.08. The molecule has 1 atom stereocenters. The molecule has 3 rings (SSSR count). The number of nitrogens with zero attached hydrogens (tertiary/aromatic N) is 1. The van der Waals surface area contributed by atoms with Crippen molar-refractivity contribution in [2.24, 2.45) is 0 Å². The molecule has 1 amide bonds. The van der Waals surface area contributed by atoms with Gasteiger partial charge in [-0.3, -0.25) is 4.79 Å². The van der Waals surface area contributed by atoms with Crippen LogP contribution < -0.4 is 0 Å². The van der Waals surface area contributed by atoms with Crippen LogP contribution in [0.3, 0.4) is 0 Å². The topological polar surface area (TPSA) is 67.6 Å². The first-order valence-corrected chi connectivity index (χ1v) is 9.77. The smallest absolute Gasteiger partial charge is 0.290 e. The van der Waals surface area contributed by atoms with Gasteiger partial charge in [0.25, 0.3) is 5.91 Å². The molecule has 1 aromatic heterocycles. The molecule has 0 N–H and O–H groups in total. The number of benzene rings is 1. The first-order chi connectivity index (χ1) is 11.3. The average Bonchev–Trinajstić information content (AvgIpc) is 3.06. The molecule has 6 heteroatoms. The molecule has 0 spiro atoms. The van der Waals surface area contributed by atoms with E-state index in [1.807, 2.05) is 32.0 Å². The lowest BCUT2D eigenvalue weighted by Crippen LogP contribution is -2.41. The van der Waals surface area contributed by atoms with Crippen LogP contribution in [0, 0.1) is 13.8 Å². The van der Waals surface area contributed by atoms with Crippen molar-refractivity contribution in [3.8, 4) is 0 Å². The summed E-state index contributed by atoms with van der Waals surface area (Å²) < 4.78 is 29.4. The summed E-state index contributed by atoms with van der Waals surface area (Å²) in [5.74, 6) is 0.136. The second-order valence-corrected chi connectivity index (χ2v) is 8.54. The van der Waals surface area contributed by atoms with E-state index in [9.17, 15) is 13.2 Å². The van der Waals surface area contributed by atoms with Gasteiger partial charge in [-0.2, -0.15) is 0 Å². The van der Waals surface area contributed by atoms with Crippen molar-refractivity contribution in [1.29, 1.82) is 0 Å². The predicted octanol–water partition coefficient (Wildman–Crippen LogP) is 2.86. The summed E-state index contributed by atoms with van der Waals surface area (Å²) in [7, 11) is -3.07. The number of rotatable bonds is 4. The Bertz CT molecular complexity index is 910. The molecule has 5 nitrogen and oxygen atoms in total. The highest BCUT2D eigenvalue weighted by Gasteiger charge is 2.36. The molecule has 1 fully saturated rings. The summed E-state index contributed by atoms with van der Waals surface area (Å²) in [6, 6.07) is 5.47. The minimum atomic E-state index is -3.07. The summed E-state index contributed by atoms with van der Waals surface area (Å²) in [5.41, 5.74) is 2.46. The Balaban J connectivity index is 2.01. The highest BCUT2D eigenvalue weighted by Crippen LogP contribution is 2.30. The van der Waals surface area contributed by atoms with E-state index in [2.05, 4.69) is 6.58 Å². The van der Waals surface area contributed by atoms with Crippen molar-refractivity contribution in [3.05, 3.63) is 47.7 Å². The molecule has 0 bridgehead atoms. The van der Waals surface area contributed by atoms with E-state index in [-0.39, 0.29) is 29.2 Å². The third-order valence-corrected chi connectivity index (χ3v) is 6.34. The first-order valence-electron chi connectivity index (χ1n) is 7.95. The number of carbonyl (C=O) groups is 1. The van der Waals surface area contributed by atoms with Gasteiger partial charge in [-0.1, -0.05) is 24.3 Å². The second kappa shape index (κ2) is 6.09. The molecule has 1 aliphatic rings. The van der Waals surface area contributed by atoms with Crippen molar-refractivity contribution >= 4 is 26.7 Å². The van der Waals surface area contributed by atoms with Crippen LogP contribution in [0.25, 0.3) is 11.0 Å². The van der Waals surface area contributed by atoms with Crippen LogP contribution in [0.1, 0.15) is 28.1 Å². The highest BCUT2D eigenvalue weighted by atomic mass is 32.2. The molecule has 0 unspecified atom stereocenters. The third kappa shape index (κ3) is 2.86. The van der Waals surface area contributed by atoms with Crippen molar-refractivity contribution < 1.29 is 17.6 Å². The van der Waals surface area contributed by atoms with Crippen LogP contribution in [-0.2, 0) is 9.84 Å². The Hall–Kier alpha value is -2.08. The van der Waals surface area contributed by atoms with Gasteiger partial charge in [-0.15, -0.1) is 6.58 Å². The van der Waals surface area contributed by atoms with Crippen LogP contribution in [0.2, 0.25) is 0 Å². The normalized spacial score (nSPS) is 19.5. The van der Waals surface area contributed by atoms with Crippen LogP contribution >= 0.6 is 0 Å². The van der Waals surface area contributed by atoms with E-state index in [1.54, 1.807) is 11.0 Å². The lowest BCUT2D eigenvalue weighted by Gasteiger charge is -2.26. The van der Waals surface area contributed by atoms with Crippen LogP contribution in [0.5, 0.6) is 0 Å². The second-order valence-electron chi connectivity index (χ2n) is 6.31. The van der Waals surface area contributed by atoms with Crippen molar-refractivity contribution in [3.63, 3.8) is 0 Å². The largest absolute Gasteiger partial charge is 0.450 e. The molecule has 1 saturated heterocycles. The van der Waals surface area contributed by atoms with E-state index in [4.69, 9.17) is 4.42 Å². The maximum atomic E-state index is 13.0. The predicted molar refractivity (Wildman–Crippen MR) is 94.0 cm³/mol. The van der Waals surface area contributed by atoms with E-state index in [1.165, 1.54) is 0 Å². The van der Waals surface area contributed by atoms with Crippen LogP contribution in [0.4, 0.5) is 0 Å². The Kier molecular flexibility index (Phi) is 4.25. The van der Waals surface area contributed by atoms with E-state index in [0.29, 0.717) is 18.5 Å². The summed E-state index contributed by atoms with van der Waals surface area (Å²) in [5, 5.41) is 0.913. The fourth-order valence-electron chi connectivity index (χ4n) is 3.28. The van der Waals surface area contributed by atoms with Crippen molar-refractivity contribution in [2.45, 2.75) is 26.3 Å². The van der Waals surface area contributed by atoms with Gasteiger partial charge in [-0.05, 0) is 25.8 Å². The number of hydrogen-bond donors (Lipinski definition) is 0. The van der Waals surface area contributed by atoms with Gasteiger partial charge in [0.1, 0.15) is 5.58 Å². The maximum absolute atomic E-state index is 13.0. The molecule has 24 heavy (non-hydrogen) atoms. The minimum absolute atomic E-state index is 0.00485. The molecule has 1 aromatic carbocycles. The fraction of sp³-hybridized carbons (Fsp3) is 0.389. The van der Waals surface area contributed by atoms with Crippen LogP contribution in [-0.4, -0.2) is 43.3 Å². The summed E-state index contributed by atoms with van der Waals surface area (Å²) >= 11 is 0. The van der Waals surface area contributed by atoms with Crippen LogP contribution in [0.15, 0.2) is 35.3 Å². The highest BCUT2D eigenvalue weighted by molar-refractivity contribution is 7.91. The number of amides is 1. The number of aryl methyl sites for hydroxylation is 2. The van der Waals surface area contributed by atoms with Gasteiger partial charge >= 0.3 is 0 Å². The molecule has 2 heterocycles. The number of para-hydroxylation sites is 1. The Morgan fingerprint density at radius 3 is 2.75 bits per heavy atom. The molecule has 0 aliphatic carbocycles. The molecule has 128 valence electrons. The monoisotopic (exact) mass is 347 g/mol. The zero-order valence-electron chi connectivity index (χ0n) is 13.9. The Morgan fingerprint density at radius 2 is 2.17 bits per heavy atom. The number of carbonyl (C=O) groups excluding carboxylic acids is 1. The molecule has 0 saturated carbocycles. The maximum Gasteiger partial charge on any atom is 0.290 e. The Labute approximate surface area is 141 Å². The molecule has 0 radical (unpaired) electrons. The number of sulfone groups is 1. The summed E-state index contributed by atoms with van der Waals surface area (Å²) in [4.78, 5) is 14.6. The van der Waals surface area contributed by atoms with E-state index in [0.717, 1.165) is 16.5 Å². The van der Waals surface area contributed by atoms with Crippen molar-refractivity contribution in [2.75, 3.05) is 18.1 Å². The first kappa shape index (κ1) is 16.8. The average molecular weight is 347 g/mol. The van der Waals surface area contributed by atoms with Gasteiger partial charge in [0, 0.05) is 23.5 Å². The van der Waals surface area contributed by atoms with Crippen molar-refractivity contribution in [1.82, 2.24) is 4.90 Å². The molecular formula is C18H21NO4S. The SMILES string of the molecule is C=CCN(C(=O)c1oc2c(C)cccc2c1C)[C@@H]1CCS(=O)(=O)C1. The lowest BCUT2D eigenvalue weighted by molar-refractivity contribution is 0.0689. The zero-order chi connectivity index (χ0) is 17.5. The Morgan fingerprint density at radius 1 is 1.42 bits per heavy atom. The van der Waals surface area contributed by atoms with Gasteiger partial charge in [0.05, 0.1) is 11.5 Å². The van der Waals surface area contributed by atoms with Gasteiger partial charge < -0.3 is 9.32 Å². The van der Waals surface area contributed by atoms with Gasteiger partial charge in [0.2, 0.25) is 0 Å². The van der Waals surface area contributed by atoms with E-state index < -0.39 is 9.84 Å². The number of fused-ring (bicyclic) bond motifs is 1. The number of hydrogen-bond acceptors (Lipinski definition) is 4. The summed E-state index contributed by atoms with van der Waals surface area (Å²) in [6.45, 7) is 7.78. The minimum Gasteiger partial charge on any atom is -0.450 e. The molecule has 1 aliphatic heterocycles. The van der Waals surface area contributed by atoms with E-state index >= 15 is 0 Å². The quantitative estimate of drug-likeness (QED) is 0.798. The van der Waals surface area contributed by atoms with Gasteiger partial charge in [0.15, 0.2) is 15.6 Å². The molecule has 2 aromatic rings. The zero-order valence-corrected chi connectivity index (χ0v) is 14.7.